The average Bonchev–Trinajstić information content (AvgIpc) is 3.77. The Morgan fingerprint density at radius 3 is 2.52 bits per heavy atom. The van der Waals surface area contributed by atoms with Crippen LogP contribution in [0.25, 0.3) is 5.65 Å². The Morgan fingerprint density at radius 2 is 1.82 bits per heavy atom. The van der Waals surface area contributed by atoms with Gasteiger partial charge < -0.3 is 34.8 Å². The van der Waals surface area contributed by atoms with Crippen LogP contribution in [-0.2, 0) is 14.3 Å². The summed E-state index contributed by atoms with van der Waals surface area (Å²) in [6, 6.07) is 2.74. The average molecular weight is 609 g/mol. The number of nitrogens with zero attached hydrogens (tertiary/aromatic N) is 6. The number of amides is 2. The standard InChI is InChI=1S/C32H48N8O4/c1-21(2)27-17-33-40-29(16-28(36-31(27)40)34-24-8-12-43-13-9-24)35-25-14-22-18-39(19-23(22)15-25)32(42)44-26-7-11-38(20-26)30(41)6-5-10-37(3)4/h5-6,16-17,21-26,35H,7-15,18-20H2,1-4H3,(H,34,36)/b6-5+/t22?,23?,25?,26-/m0/s1. The molecule has 1 saturated carbocycles. The van der Waals surface area contributed by atoms with E-state index in [2.05, 4.69) is 30.5 Å². The predicted octanol–water partition coefficient (Wildman–Crippen LogP) is 3.42. The molecule has 0 bridgehead atoms. The van der Waals surface area contributed by atoms with Gasteiger partial charge in [-0.1, -0.05) is 19.9 Å². The lowest BCUT2D eigenvalue weighted by Crippen LogP contribution is -2.36. The van der Waals surface area contributed by atoms with Crippen LogP contribution < -0.4 is 10.6 Å². The van der Waals surface area contributed by atoms with E-state index in [0.29, 0.717) is 62.4 Å². The Balaban J connectivity index is 1.03. The smallest absolute Gasteiger partial charge is 0.410 e. The number of carbonyl (C=O) groups is 2. The maximum atomic E-state index is 13.1. The highest BCUT2D eigenvalue weighted by Gasteiger charge is 2.43. The first-order valence-electron chi connectivity index (χ1n) is 16.3. The third kappa shape index (κ3) is 6.96. The van der Waals surface area contributed by atoms with Crippen LogP contribution in [0.5, 0.6) is 0 Å². The maximum Gasteiger partial charge on any atom is 0.410 e. The van der Waals surface area contributed by atoms with E-state index in [-0.39, 0.29) is 18.1 Å². The molecule has 240 valence electrons. The Labute approximate surface area is 260 Å². The topological polar surface area (TPSA) is 117 Å². The minimum atomic E-state index is -0.246. The maximum absolute atomic E-state index is 13.1. The summed E-state index contributed by atoms with van der Waals surface area (Å²) in [5.74, 6) is 3.00. The fourth-order valence-electron chi connectivity index (χ4n) is 7.10. The summed E-state index contributed by atoms with van der Waals surface area (Å²) in [5.41, 5.74) is 2.03. The number of aromatic nitrogens is 3. The number of ether oxygens (including phenoxy) is 2. The van der Waals surface area contributed by atoms with E-state index >= 15 is 0 Å². The normalized spacial score (nSPS) is 26.0. The van der Waals surface area contributed by atoms with E-state index in [1.807, 2.05) is 40.7 Å². The number of hydrogen-bond acceptors (Lipinski definition) is 9. The lowest BCUT2D eigenvalue weighted by atomic mass is 10.0. The first-order chi connectivity index (χ1) is 21.2. The number of carbonyl (C=O) groups excluding carboxylic acids is 2. The molecule has 6 rings (SSSR count). The molecule has 44 heavy (non-hydrogen) atoms. The van der Waals surface area contributed by atoms with Crippen molar-refractivity contribution >= 4 is 29.3 Å². The monoisotopic (exact) mass is 608 g/mol. The zero-order valence-corrected chi connectivity index (χ0v) is 26.6. The van der Waals surface area contributed by atoms with E-state index in [0.717, 1.165) is 68.3 Å². The number of likely N-dealkylation sites (tertiary alicyclic amines) is 2. The van der Waals surface area contributed by atoms with Crippen LogP contribution in [0, 0.1) is 11.8 Å². The van der Waals surface area contributed by atoms with Crippen molar-refractivity contribution in [3.05, 3.63) is 30.0 Å². The van der Waals surface area contributed by atoms with Gasteiger partial charge in [0.15, 0.2) is 5.65 Å². The van der Waals surface area contributed by atoms with E-state index in [1.165, 1.54) is 0 Å². The zero-order chi connectivity index (χ0) is 30.8. The van der Waals surface area contributed by atoms with Gasteiger partial charge in [0, 0.05) is 75.6 Å². The number of hydrogen-bond donors (Lipinski definition) is 2. The highest BCUT2D eigenvalue weighted by Crippen LogP contribution is 2.40. The van der Waals surface area contributed by atoms with E-state index in [4.69, 9.17) is 19.6 Å². The van der Waals surface area contributed by atoms with Crippen LogP contribution in [0.4, 0.5) is 16.4 Å². The van der Waals surface area contributed by atoms with Gasteiger partial charge in [-0.25, -0.2) is 9.78 Å². The Morgan fingerprint density at radius 1 is 1.07 bits per heavy atom. The molecular weight excluding hydrogens is 560 g/mol. The minimum absolute atomic E-state index is 0.0202. The molecule has 2 N–H and O–H groups in total. The first kappa shape index (κ1) is 30.6. The number of fused-ring (bicyclic) bond motifs is 2. The van der Waals surface area contributed by atoms with Crippen LogP contribution >= 0.6 is 0 Å². The zero-order valence-electron chi connectivity index (χ0n) is 26.6. The SMILES string of the molecule is CC(C)c1cnn2c(NC3CC4CN(C(=O)O[C@H]5CCN(C(=O)/C=C/CN(C)C)C5)CC4C3)cc(NC3CCOCC3)nc12. The van der Waals surface area contributed by atoms with Crippen LogP contribution in [0.1, 0.15) is 57.4 Å². The summed E-state index contributed by atoms with van der Waals surface area (Å²) in [7, 11) is 3.93. The summed E-state index contributed by atoms with van der Waals surface area (Å²) in [5, 5.41) is 12.2. The Hall–Kier alpha value is -3.38. The van der Waals surface area contributed by atoms with Crippen LogP contribution in [0.3, 0.4) is 0 Å². The quantitative estimate of drug-likeness (QED) is 0.413. The third-order valence-corrected chi connectivity index (χ3v) is 9.51. The van der Waals surface area contributed by atoms with Gasteiger partial charge in [-0.3, -0.25) is 4.79 Å². The molecule has 2 aromatic rings. The number of rotatable bonds is 9. The highest BCUT2D eigenvalue weighted by molar-refractivity contribution is 5.87. The fraction of sp³-hybridized carbons (Fsp3) is 0.688. The van der Waals surface area contributed by atoms with Gasteiger partial charge >= 0.3 is 6.09 Å². The molecule has 0 radical (unpaired) electrons. The van der Waals surface area contributed by atoms with Crippen molar-refractivity contribution < 1.29 is 19.1 Å². The summed E-state index contributed by atoms with van der Waals surface area (Å²) < 4.78 is 13.3. The van der Waals surface area contributed by atoms with Crippen molar-refractivity contribution in [1.82, 2.24) is 29.3 Å². The summed E-state index contributed by atoms with van der Waals surface area (Å²) in [6.45, 7) is 9.12. The first-order valence-corrected chi connectivity index (χ1v) is 16.3. The molecule has 0 aromatic carbocycles. The van der Waals surface area contributed by atoms with Crippen LogP contribution in [-0.4, -0.2) is 120 Å². The molecule has 2 unspecified atom stereocenters. The molecular formula is C32H48N8O4. The lowest BCUT2D eigenvalue weighted by molar-refractivity contribution is -0.125. The molecule has 3 atom stereocenters. The molecule has 3 saturated heterocycles. The summed E-state index contributed by atoms with van der Waals surface area (Å²) >= 11 is 0. The van der Waals surface area contributed by atoms with Crippen molar-refractivity contribution in [3.8, 4) is 0 Å². The summed E-state index contributed by atoms with van der Waals surface area (Å²) in [4.78, 5) is 36.1. The molecule has 5 heterocycles. The molecule has 12 heteroatoms. The molecule has 3 aliphatic heterocycles. The molecule has 2 aromatic heterocycles. The number of nitrogens with one attached hydrogen (secondary N) is 2. The van der Waals surface area contributed by atoms with Crippen molar-refractivity contribution in [1.29, 1.82) is 0 Å². The van der Waals surface area contributed by atoms with Gasteiger partial charge in [-0.2, -0.15) is 9.61 Å². The Bertz CT molecular complexity index is 1340. The third-order valence-electron chi connectivity index (χ3n) is 9.51. The van der Waals surface area contributed by atoms with Crippen molar-refractivity contribution in [2.75, 3.05) is 70.7 Å². The highest BCUT2D eigenvalue weighted by atomic mass is 16.6. The van der Waals surface area contributed by atoms with Gasteiger partial charge in [0.1, 0.15) is 17.7 Å². The van der Waals surface area contributed by atoms with E-state index in [1.54, 1.807) is 11.0 Å². The van der Waals surface area contributed by atoms with E-state index in [9.17, 15) is 9.59 Å². The molecule has 0 spiro atoms. The second-order valence-electron chi connectivity index (χ2n) is 13.5. The van der Waals surface area contributed by atoms with Crippen molar-refractivity contribution in [2.45, 2.75) is 70.1 Å². The molecule has 4 aliphatic rings. The van der Waals surface area contributed by atoms with Gasteiger partial charge in [0.2, 0.25) is 5.91 Å². The number of anilines is 2. The second-order valence-corrected chi connectivity index (χ2v) is 13.5. The minimum Gasteiger partial charge on any atom is -0.444 e. The largest absolute Gasteiger partial charge is 0.444 e. The van der Waals surface area contributed by atoms with Crippen molar-refractivity contribution in [2.24, 2.45) is 11.8 Å². The van der Waals surface area contributed by atoms with Crippen LogP contribution in [0.15, 0.2) is 24.4 Å². The molecule has 12 nitrogen and oxygen atoms in total. The molecule has 4 fully saturated rings. The van der Waals surface area contributed by atoms with Gasteiger partial charge in [-0.05, 0) is 57.5 Å². The fourth-order valence-corrected chi connectivity index (χ4v) is 7.10. The number of likely N-dealkylation sites (N-methyl/N-ethyl adjacent to an activating group) is 1. The lowest BCUT2D eigenvalue weighted by Gasteiger charge is -2.25. The summed E-state index contributed by atoms with van der Waals surface area (Å²) in [6.07, 6.45) is 9.54. The van der Waals surface area contributed by atoms with Gasteiger partial charge in [0.25, 0.3) is 0 Å². The predicted molar refractivity (Wildman–Crippen MR) is 169 cm³/mol. The molecule has 2 amide bonds. The second kappa shape index (κ2) is 13.3. The van der Waals surface area contributed by atoms with Gasteiger partial charge in [-0.15, -0.1) is 0 Å². The van der Waals surface area contributed by atoms with Crippen molar-refractivity contribution in [3.63, 3.8) is 0 Å². The van der Waals surface area contributed by atoms with Gasteiger partial charge in [0.05, 0.1) is 12.7 Å². The van der Waals surface area contributed by atoms with E-state index < -0.39 is 0 Å². The Kier molecular flexibility index (Phi) is 9.27. The molecule has 1 aliphatic carbocycles. The van der Waals surface area contributed by atoms with Crippen LogP contribution in [0.2, 0.25) is 0 Å².